The summed E-state index contributed by atoms with van der Waals surface area (Å²) in [4.78, 5) is 15.2. The number of benzene rings is 1. The molecule has 1 heterocycles. The minimum Gasteiger partial charge on any atom is -0.337 e. The van der Waals surface area contributed by atoms with Gasteiger partial charge >= 0.3 is 0 Å². The number of fused-ring (bicyclic) bond motifs is 1. The van der Waals surface area contributed by atoms with Crippen LogP contribution in [-0.4, -0.2) is 10.9 Å². The number of carbonyl (C=O) groups excluding carboxylic acids is 1. The number of hydrogen-bond donors (Lipinski definition) is 2. The lowest BCUT2D eigenvalue weighted by molar-refractivity contribution is -0.116. The number of nitrogens with one attached hydrogen (secondary N) is 2. The maximum Gasteiger partial charge on any atom is 0.224 e. The van der Waals surface area contributed by atoms with Crippen molar-refractivity contribution in [2.24, 2.45) is 0 Å². The van der Waals surface area contributed by atoms with Crippen LogP contribution in [0.1, 0.15) is 77.6 Å². The number of aromatic nitrogens is 1. The molecule has 0 aliphatic carbocycles. The second-order valence-electron chi connectivity index (χ2n) is 6.71. The minimum atomic E-state index is 0.109. The molecule has 0 fully saturated rings. The highest BCUT2D eigenvalue weighted by atomic mass is 32.1. The second kappa shape index (κ2) is 11.4. The highest BCUT2D eigenvalue weighted by Gasteiger charge is 2.04. The summed E-state index contributed by atoms with van der Waals surface area (Å²) >= 11 is 6.68. The van der Waals surface area contributed by atoms with Crippen LogP contribution in [0.4, 0.5) is 5.69 Å². The fourth-order valence-electron chi connectivity index (χ4n) is 3.02. The molecule has 0 saturated carbocycles. The summed E-state index contributed by atoms with van der Waals surface area (Å²) in [5.41, 5.74) is 1.89. The fraction of sp³-hybridized carbons (Fsp3) is 0.600. The third kappa shape index (κ3) is 7.70. The van der Waals surface area contributed by atoms with E-state index in [9.17, 15) is 4.79 Å². The largest absolute Gasteiger partial charge is 0.337 e. The molecule has 5 heteroatoms. The van der Waals surface area contributed by atoms with E-state index >= 15 is 0 Å². The van der Waals surface area contributed by atoms with Gasteiger partial charge in [-0.3, -0.25) is 4.79 Å². The number of H-pyrrole nitrogens is 1. The Hall–Kier alpha value is -1.20. The topological polar surface area (TPSA) is 44.9 Å². The van der Waals surface area contributed by atoms with Crippen LogP contribution < -0.4 is 5.32 Å². The van der Waals surface area contributed by atoms with Crippen molar-refractivity contribution in [1.29, 1.82) is 0 Å². The smallest absolute Gasteiger partial charge is 0.224 e. The number of amides is 1. The highest BCUT2D eigenvalue weighted by molar-refractivity contribution is 7.73. The van der Waals surface area contributed by atoms with Gasteiger partial charge in [0.15, 0.2) is 3.95 Å². The Morgan fingerprint density at radius 1 is 1.04 bits per heavy atom. The van der Waals surface area contributed by atoms with E-state index in [1.807, 2.05) is 18.2 Å². The molecule has 3 nitrogen and oxygen atoms in total. The van der Waals surface area contributed by atoms with Gasteiger partial charge in [-0.05, 0) is 36.8 Å². The van der Waals surface area contributed by atoms with Crippen molar-refractivity contribution in [3.8, 4) is 0 Å². The molecule has 25 heavy (non-hydrogen) atoms. The van der Waals surface area contributed by atoms with Gasteiger partial charge in [-0.2, -0.15) is 0 Å². The van der Waals surface area contributed by atoms with Crippen molar-refractivity contribution >= 4 is 45.4 Å². The van der Waals surface area contributed by atoms with Gasteiger partial charge in [0.25, 0.3) is 0 Å². The highest BCUT2D eigenvalue weighted by Crippen LogP contribution is 2.23. The van der Waals surface area contributed by atoms with E-state index < -0.39 is 0 Å². The predicted octanol–water partition coefficient (Wildman–Crippen LogP) is 7.21. The molecular weight excluding hydrogens is 348 g/mol. The van der Waals surface area contributed by atoms with E-state index in [4.69, 9.17) is 12.2 Å². The first-order chi connectivity index (χ1) is 12.2. The molecule has 0 bridgehead atoms. The Kier molecular flexibility index (Phi) is 9.19. The van der Waals surface area contributed by atoms with Gasteiger partial charge in [-0.15, -0.1) is 11.3 Å². The summed E-state index contributed by atoms with van der Waals surface area (Å²) in [5, 5.41) is 2.99. The van der Waals surface area contributed by atoms with E-state index in [-0.39, 0.29) is 5.91 Å². The Bertz CT molecular complexity index is 705. The maximum atomic E-state index is 12.1. The first kappa shape index (κ1) is 20.1. The van der Waals surface area contributed by atoms with Crippen molar-refractivity contribution in [1.82, 2.24) is 4.98 Å². The average molecular weight is 379 g/mol. The summed E-state index contributed by atoms with van der Waals surface area (Å²) in [6.45, 7) is 2.26. The van der Waals surface area contributed by atoms with Gasteiger partial charge in [-0.1, -0.05) is 64.7 Å². The van der Waals surface area contributed by atoms with Gasteiger partial charge in [0.05, 0.1) is 10.2 Å². The van der Waals surface area contributed by atoms with Crippen molar-refractivity contribution in [3.63, 3.8) is 0 Å². The van der Waals surface area contributed by atoms with E-state index in [2.05, 4.69) is 17.2 Å². The molecular formula is C20H30N2OS2. The molecule has 2 N–H and O–H groups in total. The van der Waals surface area contributed by atoms with Crippen LogP contribution in [-0.2, 0) is 4.79 Å². The summed E-state index contributed by atoms with van der Waals surface area (Å²) in [6.07, 6.45) is 13.5. The quantitative estimate of drug-likeness (QED) is 0.303. The van der Waals surface area contributed by atoms with Crippen LogP contribution in [0.25, 0.3) is 10.2 Å². The van der Waals surface area contributed by atoms with Gasteiger partial charge in [0.2, 0.25) is 5.91 Å². The Morgan fingerprint density at radius 2 is 1.68 bits per heavy atom. The monoisotopic (exact) mass is 378 g/mol. The lowest BCUT2D eigenvalue weighted by Crippen LogP contribution is -2.10. The molecule has 1 amide bonds. The number of carbonyl (C=O) groups is 1. The summed E-state index contributed by atoms with van der Waals surface area (Å²) < 4.78 is 1.85. The zero-order valence-corrected chi connectivity index (χ0v) is 16.9. The summed E-state index contributed by atoms with van der Waals surface area (Å²) in [7, 11) is 0. The van der Waals surface area contributed by atoms with Crippen LogP contribution in [0.5, 0.6) is 0 Å². The Balaban J connectivity index is 1.55. The number of rotatable bonds is 12. The van der Waals surface area contributed by atoms with Crippen LogP contribution in [0.3, 0.4) is 0 Å². The zero-order valence-electron chi connectivity index (χ0n) is 15.2. The Morgan fingerprint density at radius 3 is 2.36 bits per heavy atom. The van der Waals surface area contributed by atoms with E-state index in [0.29, 0.717) is 6.42 Å². The fourth-order valence-corrected chi connectivity index (χ4v) is 4.17. The molecule has 1 aromatic carbocycles. The molecule has 0 aliphatic rings. The molecule has 0 unspecified atom stereocenters. The van der Waals surface area contributed by atoms with Crippen LogP contribution >= 0.6 is 23.6 Å². The van der Waals surface area contributed by atoms with Gasteiger partial charge in [-0.25, -0.2) is 0 Å². The molecule has 2 aromatic rings. The first-order valence-corrected chi connectivity index (χ1v) is 10.8. The number of anilines is 1. The molecule has 0 spiro atoms. The normalized spacial score (nSPS) is 11.1. The number of thiazole rings is 1. The third-order valence-corrected chi connectivity index (χ3v) is 5.66. The van der Waals surface area contributed by atoms with Crippen molar-refractivity contribution in [2.45, 2.75) is 77.6 Å². The summed E-state index contributed by atoms with van der Waals surface area (Å²) in [5.74, 6) is 0.109. The van der Waals surface area contributed by atoms with Crippen molar-refractivity contribution < 1.29 is 4.79 Å². The van der Waals surface area contributed by atoms with Crippen LogP contribution in [0, 0.1) is 3.95 Å². The van der Waals surface area contributed by atoms with Crippen molar-refractivity contribution in [3.05, 3.63) is 22.2 Å². The molecule has 0 aliphatic heterocycles. The van der Waals surface area contributed by atoms with E-state index in [1.54, 1.807) is 0 Å². The second-order valence-corrected chi connectivity index (χ2v) is 8.42. The van der Waals surface area contributed by atoms with Gasteiger partial charge in [0.1, 0.15) is 0 Å². The van der Waals surface area contributed by atoms with Gasteiger partial charge < -0.3 is 10.3 Å². The molecule has 0 radical (unpaired) electrons. The molecule has 1 aromatic heterocycles. The predicted molar refractivity (Wildman–Crippen MR) is 112 cm³/mol. The van der Waals surface area contributed by atoms with E-state index in [0.717, 1.165) is 32.7 Å². The maximum absolute atomic E-state index is 12.1. The zero-order chi connectivity index (χ0) is 17.9. The average Bonchev–Trinajstić information content (AvgIpc) is 2.96. The molecule has 0 atom stereocenters. The van der Waals surface area contributed by atoms with Crippen LogP contribution in [0.15, 0.2) is 18.2 Å². The van der Waals surface area contributed by atoms with E-state index in [1.165, 1.54) is 62.7 Å². The summed E-state index contributed by atoms with van der Waals surface area (Å²) in [6, 6.07) is 5.89. The Labute approximate surface area is 160 Å². The number of hydrogen-bond acceptors (Lipinski definition) is 3. The molecule has 2 rings (SSSR count). The van der Waals surface area contributed by atoms with Gasteiger partial charge in [0, 0.05) is 12.1 Å². The molecule has 0 saturated heterocycles. The third-order valence-electron chi connectivity index (χ3n) is 4.46. The molecule has 138 valence electrons. The lowest BCUT2D eigenvalue weighted by Gasteiger charge is -2.05. The minimum absolute atomic E-state index is 0.109. The SMILES string of the molecule is CCCCCCCCCCCCC(=O)Nc1ccc2[nH]c(=S)sc2c1. The standard InChI is InChI=1S/C20H30N2OS2/c1-2-3-4-5-6-7-8-9-10-11-12-19(23)21-16-13-14-17-18(15-16)25-20(24)22-17/h13-15H,2-12H2,1H3,(H,21,23)(H,22,24). The number of unbranched alkanes of at least 4 members (excludes halogenated alkanes) is 9. The first-order valence-electron chi connectivity index (χ1n) is 9.62. The lowest BCUT2D eigenvalue weighted by atomic mass is 10.1. The van der Waals surface area contributed by atoms with Crippen LogP contribution in [0.2, 0.25) is 0 Å². The van der Waals surface area contributed by atoms with Crippen molar-refractivity contribution in [2.75, 3.05) is 5.32 Å². The number of aromatic amines is 1.